The molecule has 2 amide bonds. The Hall–Kier alpha value is -3.48. The van der Waals surface area contributed by atoms with Crippen molar-refractivity contribution in [1.82, 2.24) is 14.9 Å². The molecule has 3 N–H and O–H groups in total. The molecular weight excluding hydrogens is 381 g/mol. The van der Waals surface area contributed by atoms with Crippen molar-refractivity contribution in [3.05, 3.63) is 71.3 Å². The number of hydrogen-bond acceptors (Lipinski definition) is 4. The van der Waals surface area contributed by atoms with Crippen molar-refractivity contribution in [1.29, 1.82) is 0 Å². The van der Waals surface area contributed by atoms with Gasteiger partial charge in [-0.1, -0.05) is 19.9 Å². The minimum atomic E-state index is -0.318. The van der Waals surface area contributed by atoms with Crippen LogP contribution < -0.4 is 11.1 Å². The first-order valence-electron chi connectivity index (χ1n) is 9.94. The Morgan fingerprint density at radius 2 is 1.97 bits per heavy atom. The second kappa shape index (κ2) is 8.10. The van der Waals surface area contributed by atoms with Gasteiger partial charge in [-0.3, -0.25) is 10.3 Å². The molecule has 0 saturated carbocycles. The Morgan fingerprint density at radius 3 is 2.70 bits per heavy atom. The number of nitrogen functional groups attached to an aromatic ring is 1. The van der Waals surface area contributed by atoms with Crippen LogP contribution in [0.5, 0.6) is 0 Å². The van der Waals surface area contributed by atoms with Gasteiger partial charge in [-0.25, -0.2) is 14.2 Å². The van der Waals surface area contributed by atoms with Gasteiger partial charge in [-0.05, 0) is 59.9 Å². The van der Waals surface area contributed by atoms with Gasteiger partial charge in [-0.2, -0.15) is 0 Å². The number of rotatable bonds is 4. The normalized spacial score (nSPS) is 12.9. The fraction of sp³-hybridized carbons (Fsp3) is 0.261. The van der Waals surface area contributed by atoms with Crippen LogP contribution in [0.15, 0.2) is 48.7 Å². The van der Waals surface area contributed by atoms with Crippen LogP contribution in [-0.2, 0) is 19.5 Å². The number of urea groups is 1. The Balaban J connectivity index is 1.49. The van der Waals surface area contributed by atoms with E-state index in [0.29, 0.717) is 30.4 Å². The molecule has 0 spiro atoms. The first-order chi connectivity index (χ1) is 14.4. The largest absolute Gasteiger partial charge is 0.396 e. The Morgan fingerprint density at radius 1 is 1.20 bits per heavy atom. The lowest BCUT2D eigenvalue weighted by molar-refractivity contribution is 0.212. The van der Waals surface area contributed by atoms with Crippen LogP contribution in [0.3, 0.4) is 0 Å². The van der Waals surface area contributed by atoms with Crippen molar-refractivity contribution < 1.29 is 9.18 Å². The number of aromatic nitrogens is 2. The van der Waals surface area contributed by atoms with Crippen molar-refractivity contribution in [2.75, 3.05) is 11.1 Å². The summed E-state index contributed by atoms with van der Waals surface area (Å²) in [6.07, 6.45) is 2.86. The van der Waals surface area contributed by atoms with Crippen LogP contribution in [0.25, 0.3) is 11.3 Å². The fourth-order valence-electron chi connectivity index (χ4n) is 3.57. The molecule has 0 bridgehead atoms. The van der Waals surface area contributed by atoms with Gasteiger partial charge in [0.2, 0.25) is 0 Å². The lowest BCUT2D eigenvalue weighted by Crippen LogP contribution is -2.31. The number of nitrogens with zero attached hydrogens (tertiary/aromatic N) is 3. The number of amides is 2. The van der Waals surface area contributed by atoms with E-state index in [0.717, 1.165) is 23.2 Å². The molecule has 0 atom stereocenters. The zero-order valence-electron chi connectivity index (χ0n) is 17.0. The quantitative estimate of drug-likeness (QED) is 0.664. The molecule has 4 rings (SSSR count). The summed E-state index contributed by atoms with van der Waals surface area (Å²) in [7, 11) is 0. The van der Waals surface area contributed by atoms with Crippen molar-refractivity contribution in [2.45, 2.75) is 33.4 Å². The van der Waals surface area contributed by atoms with E-state index in [2.05, 4.69) is 35.2 Å². The topological polar surface area (TPSA) is 84.1 Å². The molecule has 2 aromatic heterocycles. The summed E-state index contributed by atoms with van der Waals surface area (Å²) in [5.74, 6) is 0.515. The number of halogens is 1. The Kier molecular flexibility index (Phi) is 5.35. The van der Waals surface area contributed by atoms with Gasteiger partial charge in [0, 0.05) is 18.3 Å². The monoisotopic (exact) mass is 405 g/mol. The highest BCUT2D eigenvalue weighted by Crippen LogP contribution is 2.26. The van der Waals surface area contributed by atoms with E-state index in [1.807, 2.05) is 6.20 Å². The molecule has 6 nitrogen and oxygen atoms in total. The zero-order chi connectivity index (χ0) is 21.3. The molecule has 0 radical (unpaired) electrons. The van der Waals surface area contributed by atoms with E-state index in [-0.39, 0.29) is 17.7 Å². The van der Waals surface area contributed by atoms with Gasteiger partial charge in [0.15, 0.2) is 5.82 Å². The van der Waals surface area contributed by atoms with Gasteiger partial charge in [-0.15, -0.1) is 0 Å². The molecule has 3 aromatic rings. The van der Waals surface area contributed by atoms with E-state index in [1.54, 1.807) is 29.2 Å². The third kappa shape index (κ3) is 4.25. The third-order valence-electron chi connectivity index (χ3n) is 5.04. The highest BCUT2D eigenvalue weighted by atomic mass is 19.1. The van der Waals surface area contributed by atoms with Crippen molar-refractivity contribution in [2.24, 2.45) is 5.92 Å². The van der Waals surface area contributed by atoms with Gasteiger partial charge in [0.05, 0.1) is 23.6 Å². The number of nitrogens with two attached hydrogens (primary N) is 1. The maximum atomic E-state index is 13.2. The maximum Gasteiger partial charge on any atom is 0.323 e. The smallest absolute Gasteiger partial charge is 0.323 e. The third-order valence-corrected chi connectivity index (χ3v) is 5.04. The van der Waals surface area contributed by atoms with Gasteiger partial charge < -0.3 is 10.6 Å². The van der Waals surface area contributed by atoms with Crippen LogP contribution >= 0.6 is 0 Å². The summed E-state index contributed by atoms with van der Waals surface area (Å²) in [5.41, 5.74) is 10.9. The minimum Gasteiger partial charge on any atom is -0.396 e. The summed E-state index contributed by atoms with van der Waals surface area (Å²) in [6.45, 7) is 5.28. The summed E-state index contributed by atoms with van der Waals surface area (Å²) >= 11 is 0. The molecule has 3 heterocycles. The molecule has 1 aliphatic heterocycles. The summed E-state index contributed by atoms with van der Waals surface area (Å²) < 4.78 is 13.2. The average molecular weight is 405 g/mol. The number of carbonyl (C=O) groups is 1. The standard InChI is InChI=1S/C23H24FN5O/c1-14(2)9-15-10-17-12-29(13-21(17)26-11-15)23(30)28-22-19(25)7-8-20(27-22)16-3-5-18(24)6-4-16/h3-8,10-11,14H,9,12-13,25H2,1-2H3,(H,27,28,30). The Bertz CT molecular complexity index is 1080. The predicted octanol–water partition coefficient (Wildman–Crippen LogP) is 4.61. The maximum absolute atomic E-state index is 13.2. The molecule has 7 heteroatoms. The van der Waals surface area contributed by atoms with Crippen LogP contribution in [0, 0.1) is 11.7 Å². The van der Waals surface area contributed by atoms with Crippen LogP contribution in [0.4, 0.5) is 20.7 Å². The summed E-state index contributed by atoms with van der Waals surface area (Å²) in [4.78, 5) is 23.5. The van der Waals surface area contributed by atoms with Gasteiger partial charge >= 0.3 is 6.03 Å². The minimum absolute atomic E-state index is 0.283. The average Bonchev–Trinajstić information content (AvgIpc) is 3.13. The number of carbonyl (C=O) groups excluding carboxylic acids is 1. The second-order valence-electron chi connectivity index (χ2n) is 7.97. The van der Waals surface area contributed by atoms with Gasteiger partial charge in [0.1, 0.15) is 5.82 Å². The van der Waals surface area contributed by atoms with Crippen molar-refractivity contribution >= 4 is 17.5 Å². The van der Waals surface area contributed by atoms with Crippen LogP contribution in [0.2, 0.25) is 0 Å². The number of hydrogen-bond donors (Lipinski definition) is 2. The lowest BCUT2D eigenvalue weighted by atomic mass is 10.0. The zero-order valence-corrected chi connectivity index (χ0v) is 17.0. The number of fused-ring (bicyclic) bond motifs is 1. The molecule has 1 aliphatic rings. The molecular formula is C23H24FN5O. The highest BCUT2D eigenvalue weighted by Gasteiger charge is 2.25. The number of anilines is 2. The second-order valence-corrected chi connectivity index (χ2v) is 7.97. The molecule has 0 unspecified atom stereocenters. The first kappa shape index (κ1) is 19.8. The number of benzene rings is 1. The number of nitrogens with one attached hydrogen (secondary N) is 1. The van der Waals surface area contributed by atoms with Crippen LogP contribution in [0.1, 0.15) is 30.7 Å². The van der Waals surface area contributed by atoms with E-state index < -0.39 is 0 Å². The van der Waals surface area contributed by atoms with E-state index in [1.165, 1.54) is 17.7 Å². The summed E-state index contributed by atoms with van der Waals surface area (Å²) in [6, 6.07) is 11.3. The summed E-state index contributed by atoms with van der Waals surface area (Å²) in [5, 5.41) is 2.80. The van der Waals surface area contributed by atoms with E-state index >= 15 is 0 Å². The SMILES string of the molecule is CC(C)Cc1cnc2c(c1)CN(C(=O)Nc1nc(-c3ccc(F)cc3)ccc1N)C2. The van der Waals surface area contributed by atoms with Gasteiger partial charge in [0.25, 0.3) is 0 Å². The molecule has 0 saturated heterocycles. The van der Waals surface area contributed by atoms with Crippen LogP contribution in [-0.4, -0.2) is 20.9 Å². The molecule has 0 aliphatic carbocycles. The molecule has 1 aromatic carbocycles. The lowest BCUT2D eigenvalue weighted by Gasteiger charge is -2.17. The molecule has 30 heavy (non-hydrogen) atoms. The predicted molar refractivity (Wildman–Crippen MR) is 115 cm³/mol. The number of pyridine rings is 2. The van der Waals surface area contributed by atoms with E-state index in [9.17, 15) is 9.18 Å². The fourth-order valence-corrected chi connectivity index (χ4v) is 3.57. The first-order valence-corrected chi connectivity index (χ1v) is 9.94. The molecule has 0 fully saturated rings. The van der Waals surface area contributed by atoms with E-state index in [4.69, 9.17) is 5.73 Å². The highest BCUT2D eigenvalue weighted by molar-refractivity contribution is 5.92. The molecule has 154 valence electrons. The Labute approximate surface area is 175 Å². The van der Waals surface area contributed by atoms with Crippen molar-refractivity contribution in [3.63, 3.8) is 0 Å². The van der Waals surface area contributed by atoms with Crippen molar-refractivity contribution in [3.8, 4) is 11.3 Å².